The zero-order valence-corrected chi connectivity index (χ0v) is 59.6. The van der Waals surface area contributed by atoms with Crippen LogP contribution in [-0.4, -0.2) is 180 Å². The van der Waals surface area contributed by atoms with E-state index in [-0.39, 0.29) is 114 Å². The lowest BCUT2D eigenvalue weighted by molar-refractivity contribution is -0.120. The van der Waals surface area contributed by atoms with Crippen LogP contribution in [0.1, 0.15) is 127 Å². The average Bonchev–Trinajstić information content (AvgIpc) is 1.68. The summed E-state index contributed by atoms with van der Waals surface area (Å²) in [4.78, 5) is 168. The molecular formula is C68H85N25O12. The third-order valence-electron chi connectivity index (χ3n) is 16.6. The summed E-state index contributed by atoms with van der Waals surface area (Å²) in [6.45, 7) is 2.56. The second kappa shape index (κ2) is 34.1. The molecule has 9 heterocycles. The molecular weight excluding hydrogens is 1360 g/mol. The molecule has 105 heavy (non-hydrogen) atoms. The molecule has 0 aliphatic carbocycles. The molecule has 0 unspecified atom stereocenters. The first kappa shape index (κ1) is 76.1. The fraction of sp³-hybridized carbons (Fsp3) is 0.324. The minimum Gasteiger partial charge on any atom is -0.355 e. The monoisotopic (exact) mass is 1440 g/mol. The summed E-state index contributed by atoms with van der Waals surface area (Å²) < 4.78 is 13.6. The summed E-state index contributed by atoms with van der Waals surface area (Å²) in [7, 11) is 16.6. The molecule has 12 amide bonds. The standard InChI is InChI=1S/C68H85N25O12/c1-84(21-12-16-69)22-13-18-70-57(96)31-74-62(99)49-27-43(35-88(49)5)78-64(101)51-28-44(36-90(51)7)79-63(100)50-24-40(32-89(50)6)75-56(95)15-19-73-61(98)48-26-42(34-87(48)4)77-66(103)53-30-46(38-92(53)9)81-68(105)59-83-54(39-93(59)10)82-55(94)14-11-17-72-60(97)47-25-41(33-86(47)3)76-65(102)52-29-45(37-91(52)8)80-67(104)58-71-20-23-85(58)2/h20,23-30,32-39H,11-19,21-22,31,69H2,1-10H3,(H,70,96)(H,72,97)(H,73,98)(H,74,99)(H,75,95)(H,76,102)(H,77,103)(H,78,101)(H,79,100)(H,80,104)(H,81,105)(H,82,94). The molecule has 0 aliphatic rings. The van der Waals surface area contributed by atoms with E-state index >= 15 is 0 Å². The van der Waals surface area contributed by atoms with Crippen LogP contribution >= 0.6 is 0 Å². The van der Waals surface area contributed by atoms with Gasteiger partial charge in [0.2, 0.25) is 23.5 Å². The van der Waals surface area contributed by atoms with Gasteiger partial charge in [-0.1, -0.05) is 0 Å². The van der Waals surface area contributed by atoms with E-state index in [9.17, 15) is 57.5 Å². The van der Waals surface area contributed by atoms with Gasteiger partial charge in [-0.15, -0.1) is 0 Å². The number of rotatable bonds is 33. The Morgan fingerprint density at radius 1 is 0.352 bits per heavy atom. The molecule has 0 saturated heterocycles. The number of nitrogens with zero attached hydrogens (tertiary/aromatic N) is 12. The average molecular weight is 1440 g/mol. The summed E-state index contributed by atoms with van der Waals surface area (Å²) in [6.07, 6.45) is 17.1. The largest absolute Gasteiger partial charge is 0.355 e. The zero-order valence-electron chi connectivity index (χ0n) is 59.6. The van der Waals surface area contributed by atoms with Gasteiger partial charge >= 0.3 is 0 Å². The van der Waals surface area contributed by atoms with Crippen LogP contribution in [0.4, 0.5) is 45.6 Å². The van der Waals surface area contributed by atoms with Gasteiger partial charge in [0.1, 0.15) is 39.9 Å². The van der Waals surface area contributed by atoms with E-state index < -0.39 is 65.0 Å². The molecule has 0 spiro atoms. The molecule has 554 valence electrons. The van der Waals surface area contributed by atoms with Crippen molar-refractivity contribution < 1.29 is 57.5 Å². The summed E-state index contributed by atoms with van der Waals surface area (Å²) in [5.74, 6) is -5.70. The third kappa shape index (κ3) is 19.9. The van der Waals surface area contributed by atoms with Crippen molar-refractivity contribution in [2.45, 2.75) is 32.1 Å². The Hall–Kier alpha value is -13.1. The molecule has 9 aromatic heterocycles. The van der Waals surface area contributed by atoms with E-state index in [2.05, 4.69) is 78.7 Å². The summed E-state index contributed by atoms with van der Waals surface area (Å²) in [5.41, 5.74) is 9.11. The highest BCUT2D eigenvalue weighted by Gasteiger charge is 2.25. The Morgan fingerprint density at radius 3 is 1.11 bits per heavy atom. The molecule has 0 fully saturated rings. The second-order valence-electron chi connectivity index (χ2n) is 25.0. The van der Waals surface area contributed by atoms with Crippen LogP contribution in [0.25, 0.3) is 0 Å². The van der Waals surface area contributed by atoms with Gasteiger partial charge in [-0.2, -0.15) is 0 Å². The number of anilines is 8. The number of carbonyl (C=O) groups excluding carboxylic acids is 12. The highest BCUT2D eigenvalue weighted by Crippen LogP contribution is 2.24. The number of nitrogens with two attached hydrogens (primary N) is 1. The van der Waals surface area contributed by atoms with Crippen molar-refractivity contribution in [3.63, 3.8) is 0 Å². The quantitative estimate of drug-likeness (QED) is 0.0263. The van der Waals surface area contributed by atoms with Crippen molar-refractivity contribution >= 4 is 117 Å². The van der Waals surface area contributed by atoms with Crippen LogP contribution in [0.3, 0.4) is 0 Å². The number of aryl methyl sites for hydroxylation is 9. The Morgan fingerprint density at radius 2 is 0.705 bits per heavy atom. The van der Waals surface area contributed by atoms with Gasteiger partial charge in [-0.05, 0) is 88.4 Å². The number of imidazole rings is 2. The molecule has 0 aromatic carbocycles. The van der Waals surface area contributed by atoms with E-state index in [0.717, 1.165) is 25.9 Å². The van der Waals surface area contributed by atoms with Crippen LogP contribution in [0.5, 0.6) is 0 Å². The van der Waals surface area contributed by atoms with Crippen molar-refractivity contribution in [3.8, 4) is 0 Å². The van der Waals surface area contributed by atoms with Gasteiger partial charge in [0.05, 0.1) is 46.4 Å². The minimum atomic E-state index is -0.646. The molecule has 0 atom stereocenters. The van der Waals surface area contributed by atoms with E-state index in [1.165, 1.54) is 101 Å². The highest BCUT2D eigenvalue weighted by atomic mass is 16.2. The maximum Gasteiger partial charge on any atom is 0.291 e. The zero-order chi connectivity index (χ0) is 75.9. The number of hydrogen-bond donors (Lipinski definition) is 13. The van der Waals surface area contributed by atoms with E-state index in [0.29, 0.717) is 41.5 Å². The maximum atomic E-state index is 13.6. The molecule has 0 aliphatic heterocycles. The van der Waals surface area contributed by atoms with Gasteiger partial charge in [-0.25, -0.2) is 9.97 Å². The van der Waals surface area contributed by atoms with E-state index in [1.807, 2.05) is 7.05 Å². The molecule has 14 N–H and O–H groups in total. The Kier molecular flexibility index (Phi) is 24.7. The van der Waals surface area contributed by atoms with Crippen LogP contribution in [-0.2, 0) is 77.8 Å². The lowest BCUT2D eigenvalue weighted by Gasteiger charge is -2.15. The first-order chi connectivity index (χ1) is 50.0. The summed E-state index contributed by atoms with van der Waals surface area (Å²) in [5, 5.41) is 32.7. The Bertz CT molecular complexity index is 4790. The van der Waals surface area contributed by atoms with Gasteiger partial charge in [0.25, 0.3) is 53.2 Å². The van der Waals surface area contributed by atoms with Crippen molar-refractivity contribution in [2.24, 2.45) is 69.2 Å². The van der Waals surface area contributed by atoms with Crippen LogP contribution in [0, 0.1) is 0 Å². The molecule has 9 aromatic rings. The predicted octanol–water partition coefficient (Wildman–Crippen LogP) is 2.46. The predicted molar refractivity (Wildman–Crippen MR) is 389 cm³/mol. The minimum absolute atomic E-state index is 0.00695. The molecule has 0 saturated carbocycles. The summed E-state index contributed by atoms with van der Waals surface area (Å²) in [6, 6.07) is 10.3. The van der Waals surface area contributed by atoms with Crippen LogP contribution < -0.4 is 69.5 Å². The SMILES string of the molecule is CN(CCCN)CCCNC(=O)CNC(=O)c1cc(NC(=O)c2cc(NC(=O)c3cc(NC(=O)CCNC(=O)c4cc(NC(=O)c5cc(NC(=O)c6nc(NC(=O)CCCNC(=O)c7cc(NC(=O)c8cc(NC(=O)c9nccn9C)cn8C)cn7C)cn6C)cn5C)cn4C)cn3C)cn2C)cn1C. The highest BCUT2D eigenvalue weighted by molar-refractivity contribution is 6.10. The second-order valence-corrected chi connectivity index (χ2v) is 25.0. The number of nitrogens with one attached hydrogen (secondary N) is 12. The van der Waals surface area contributed by atoms with Crippen molar-refractivity contribution in [1.82, 2.24) is 77.2 Å². The fourth-order valence-corrected chi connectivity index (χ4v) is 11.2. The molecule has 0 bridgehead atoms. The lowest BCUT2D eigenvalue weighted by atomic mass is 10.3. The number of carbonyl (C=O) groups is 12. The number of amides is 12. The molecule has 9 rings (SSSR count). The van der Waals surface area contributed by atoms with Crippen LogP contribution in [0.15, 0.2) is 104 Å². The number of hydrogen-bond acceptors (Lipinski definition) is 16. The Labute approximate surface area is 601 Å². The van der Waals surface area contributed by atoms with Crippen LogP contribution in [0.2, 0.25) is 0 Å². The maximum absolute atomic E-state index is 13.6. The Balaban J connectivity index is 0.661. The smallest absolute Gasteiger partial charge is 0.291 e. The normalized spacial score (nSPS) is 11.0. The topological polar surface area (TPSA) is 449 Å². The first-order valence-electron chi connectivity index (χ1n) is 33.1. The van der Waals surface area contributed by atoms with Gasteiger partial charge in [-0.3, -0.25) is 57.5 Å². The van der Waals surface area contributed by atoms with Crippen molar-refractivity contribution in [1.29, 1.82) is 0 Å². The third-order valence-corrected chi connectivity index (χ3v) is 16.6. The molecule has 37 heteroatoms. The lowest BCUT2D eigenvalue weighted by Crippen LogP contribution is -2.38. The van der Waals surface area contributed by atoms with Crippen molar-refractivity contribution in [3.05, 3.63) is 156 Å². The van der Waals surface area contributed by atoms with Gasteiger partial charge in [0, 0.05) is 158 Å². The van der Waals surface area contributed by atoms with Gasteiger partial charge < -0.3 is 116 Å². The summed E-state index contributed by atoms with van der Waals surface area (Å²) >= 11 is 0. The van der Waals surface area contributed by atoms with Crippen molar-refractivity contribution in [2.75, 3.05) is 95.4 Å². The fourth-order valence-electron chi connectivity index (χ4n) is 11.2. The van der Waals surface area contributed by atoms with E-state index in [4.69, 9.17) is 5.73 Å². The number of aromatic nitrogens is 11. The molecule has 0 radical (unpaired) electrons. The van der Waals surface area contributed by atoms with Gasteiger partial charge in [0.15, 0.2) is 11.6 Å². The first-order valence-corrected chi connectivity index (χ1v) is 33.1. The molecule has 37 nitrogen and oxygen atoms in total. The van der Waals surface area contributed by atoms with E-state index in [1.54, 1.807) is 108 Å².